The maximum absolute atomic E-state index is 12.2. The lowest BCUT2D eigenvalue weighted by atomic mass is 10.1. The van der Waals surface area contributed by atoms with Crippen LogP contribution in [0.5, 0.6) is 5.75 Å². The number of aromatic nitrogens is 2. The van der Waals surface area contributed by atoms with Gasteiger partial charge in [-0.3, -0.25) is 9.59 Å². The first-order chi connectivity index (χ1) is 11.4. The van der Waals surface area contributed by atoms with Crippen molar-refractivity contribution in [3.63, 3.8) is 0 Å². The topological polar surface area (TPSA) is 95.1 Å². The first-order valence-corrected chi connectivity index (χ1v) is 8.15. The molecular weight excluding hydrogens is 330 g/mol. The molecule has 0 atom stereocenters. The third-order valence-electron chi connectivity index (χ3n) is 3.62. The van der Waals surface area contributed by atoms with E-state index in [0.29, 0.717) is 17.3 Å². The Morgan fingerprint density at radius 2 is 2.17 bits per heavy atom. The number of hydrogen-bond acceptors (Lipinski definition) is 4. The molecule has 0 saturated carbocycles. The minimum atomic E-state index is -0.709. The van der Waals surface area contributed by atoms with Gasteiger partial charge in [0, 0.05) is 18.0 Å². The Hall–Kier alpha value is -2.34. The number of carbonyl (C=O) groups is 1. The molecule has 128 valence electrons. The van der Waals surface area contributed by atoms with Crippen molar-refractivity contribution in [3.8, 4) is 5.75 Å². The molecule has 0 unspecified atom stereocenters. The molecule has 0 aliphatic carbocycles. The molecule has 0 aliphatic rings. The second-order valence-electron chi connectivity index (χ2n) is 5.58. The molecule has 1 amide bonds. The SMILES string of the molecule is CCCCc1nc(C(=O)NCc2ccc(C)c(Cl)c2)c(O)c(=O)[nH]1. The van der Waals surface area contributed by atoms with Gasteiger partial charge >= 0.3 is 0 Å². The summed E-state index contributed by atoms with van der Waals surface area (Å²) in [4.78, 5) is 30.5. The number of aromatic amines is 1. The molecule has 2 rings (SSSR count). The lowest BCUT2D eigenvalue weighted by Crippen LogP contribution is -2.27. The van der Waals surface area contributed by atoms with E-state index in [-0.39, 0.29) is 12.2 Å². The van der Waals surface area contributed by atoms with Gasteiger partial charge in [0.25, 0.3) is 11.5 Å². The van der Waals surface area contributed by atoms with E-state index >= 15 is 0 Å². The number of carbonyl (C=O) groups excluding carboxylic acids is 1. The summed E-state index contributed by atoms with van der Waals surface area (Å²) in [7, 11) is 0. The van der Waals surface area contributed by atoms with E-state index in [1.54, 1.807) is 6.07 Å². The molecule has 1 aromatic heterocycles. The summed E-state index contributed by atoms with van der Waals surface area (Å²) in [6.07, 6.45) is 2.30. The number of amides is 1. The van der Waals surface area contributed by atoms with Crippen LogP contribution in [-0.2, 0) is 13.0 Å². The number of aryl methyl sites for hydroxylation is 2. The Kier molecular flexibility index (Phi) is 5.98. The zero-order valence-electron chi connectivity index (χ0n) is 13.6. The third kappa shape index (κ3) is 4.35. The Balaban J connectivity index is 2.15. The predicted octanol–water partition coefficient (Wildman–Crippen LogP) is 2.71. The number of rotatable bonds is 6. The molecule has 2 aromatic rings. The molecule has 0 aliphatic heterocycles. The maximum Gasteiger partial charge on any atom is 0.293 e. The lowest BCUT2D eigenvalue weighted by molar-refractivity contribution is 0.0942. The number of nitrogens with one attached hydrogen (secondary N) is 2. The van der Waals surface area contributed by atoms with Gasteiger partial charge in [-0.15, -0.1) is 0 Å². The molecule has 0 spiro atoms. The normalized spacial score (nSPS) is 10.6. The van der Waals surface area contributed by atoms with Gasteiger partial charge in [-0.05, 0) is 30.5 Å². The molecule has 0 saturated heterocycles. The van der Waals surface area contributed by atoms with E-state index < -0.39 is 17.2 Å². The van der Waals surface area contributed by atoms with Crippen LogP contribution in [0.25, 0.3) is 0 Å². The largest absolute Gasteiger partial charge is 0.501 e. The standard InChI is InChI=1S/C17H20ClN3O3/c1-3-4-5-13-20-14(15(22)17(24)21-13)16(23)19-9-11-7-6-10(2)12(18)8-11/h6-8,22H,3-5,9H2,1-2H3,(H,19,23)(H,20,21,24). The molecule has 7 heteroatoms. The molecule has 3 N–H and O–H groups in total. The van der Waals surface area contributed by atoms with Crippen molar-refractivity contribution in [1.82, 2.24) is 15.3 Å². The quantitative estimate of drug-likeness (QED) is 0.747. The van der Waals surface area contributed by atoms with E-state index in [1.807, 2.05) is 26.0 Å². The summed E-state index contributed by atoms with van der Waals surface area (Å²) in [6, 6.07) is 5.46. The van der Waals surface area contributed by atoms with Crippen molar-refractivity contribution in [2.24, 2.45) is 0 Å². The van der Waals surface area contributed by atoms with E-state index in [1.165, 1.54) is 0 Å². The van der Waals surface area contributed by atoms with Crippen molar-refractivity contribution in [1.29, 1.82) is 0 Å². The Morgan fingerprint density at radius 3 is 2.83 bits per heavy atom. The average molecular weight is 350 g/mol. The van der Waals surface area contributed by atoms with E-state index in [0.717, 1.165) is 24.0 Å². The van der Waals surface area contributed by atoms with Crippen molar-refractivity contribution in [3.05, 3.63) is 56.2 Å². The number of unbranched alkanes of at least 4 members (excludes halogenated alkanes) is 1. The molecule has 24 heavy (non-hydrogen) atoms. The fourth-order valence-corrected chi connectivity index (χ4v) is 2.35. The van der Waals surface area contributed by atoms with Gasteiger partial charge in [-0.25, -0.2) is 4.98 Å². The summed E-state index contributed by atoms with van der Waals surface area (Å²) in [5.74, 6) is -0.883. The van der Waals surface area contributed by atoms with Gasteiger partial charge in [0.1, 0.15) is 5.82 Å². The fraction of sp³-hybridized carbons (Fsp3) is 0.353. The summed E-state index contributed by atoms with van der Waals surface area (Å²) in [5.41, 5.74) is 0.790. The zero-order chi connectivity index (χ0) is 17.7. The second kappa shape index (κ2) is 7.97. The molecule has 0 radical (unpaired) electrons. The van der Waals surface area contributed by atoms with Crippen molar-refractivity contribution in [2.45, 2.75) is 39.7 Å². The number of halogens is 1. The number of aromatic hydroxyl groups is 1. The first kappa shape index (κ1) is 18.0. The van der Waals surface area contributed by atoms with Crippen molar-refractivity contribution in [2.75, 3.05) is 0 Å². The summed E-state index contributed by atoms with van der Waals surface area (Å²) >= 11 is 6.05. The van der Waals surface area contributed by atoms with Crippen molar-refractivity contribution >= 4 is 17.5 Å². The van der Waals surface area contributed by atoms with Crippen LogP contribution in [0.2, 0.25) is 5.02 Å². The highest BCUT2D eigenvalue weighted by atomic mass is 35.5. The summed E-state index contributed by atoms with van der Waals surface area (Å²) in [5, 5.41) is 13.1. The molecule has 0 bridgehead atoms. The zero-order valence-corrected chi connectivity index (χ0v) is 14.4. The predicted molar refractivity (Wildman–Crippen MR) is 92.5 cm³/mol. The molecule has 0 fully saturated rings. The van der Waals surface area contributed by atoms with Crippen LogP contribution >= 0.6 is 11.6 Å². The third-order valence-corrected chi connectivity index (χ3v) is 4.02. The van der Waals surface area contributed by atoms with Gasteiger partial charge in [0.05, 0.1) is 0 Å². The van der Waals surface area contributed by atoms with Gasteiger partial charge < -0.3 is 15.4 Å². The Morgan fingerprint density at radius 1 is 1.42 bits per heavy atom. The molecule has 1 heterocycles. The summed E-state index contributed by atoms with van der Waals surface area (Å²) < 4.78 is 0. The number of hydrogen-bond donors (Lipinski definition) is 3. The smallest absolute Gasteiger partial charge is 0.293 e. The van der Waals surface area contributed by atoms with Crippen LogP contribution in [0.3, 0.4) is 0 Å². The van der Waals surface area contributed by atoms with Gasteiger partial charge in [0.2, 0.25) is 5.75 Å². The maximum atomic E-state index is 12.2. The lowest BCUT2D eigenvalue weighted by Gasteiger charge is -2.08. The van der Waals surface area contributed by atoms with Crippen LogP contribution in [-0.4, -0.2) is 21.0 Å². The average Bonchev–Trinajstić information content (AvgIpc) is 2.56. The highest BCUT2D eigenvalue weighted by Crippen LogP contribution is 2.17. The van der Waals surface area contributed by atoms with Gasteiger partial charge in [0.15, 0.2) is 5.69 Å². The van der Waals surface area contributed by atoms with E-state index in [4.69, 9.17) is 11.6 Å². The van der Waals surface area contributed by atoms with Gasteiger partial charge in [-0.2, -0.15) is 0 Å². The van der Waals surface area contributed by atoms with Crippen LogP contribution in [0.4, 0.5) is 0 Å². The van der Waals surface area contributed by atoms with Crippen LogP contribution in [0.1, 0.15) is 47.2 Å². The first-order valence-electron chi connectivity index (χ1n) is 7.77. The van der Waals surface area contributed by atoms with E-state index in [2.05, 4.69) is 15.3 Å². The number of nitrogens with zero attached hydrogens (tertiary/aromatic N) is 1. The monoisotopic (exact) mass is 349 g/mol. The fourth-order valence-electron chi connectivity index (χ4n) is 2.15. The highest BCUT2D eigenvalue weighted by Gasteiger charge is 2.17. The van der Waals surface area contributed by atoms with Crippen molar-refractivity contribution < 1.29 is 9.90 Å². The number of H-pyrrole nitrogens is 1. The minimum Gasteiger partial charge on any atom is -0.501 e. The minimum absolute atomic E-state index is 0.219. The molecule has 1 aromatic carbocycles. The second-order valence-corrected chi connectivity index (χ2v) is 5.99. The summed E-state index contributed by atoms with van der Waals surface area (Å²) in [6.45, 7) is 4.12. The molecular formula is C17H20ClN3O3. The Bertz CT molecular complexity index is 802. The van der Waals surface area contributed by atoms with Gasteiger partial charge in [-0.1, -0.05) is 37.1 Å². The molecule has 6 nitrogen and oxygen atoms in total. The highest BCUT2D eigenvalue weighted by molar-refractivity contribution is 6.31. The van der Waals surface area contributed by atoms with Crippen LogP contribution in [0, 0.1) is 6.92 Å². The van der Waals surface area contributed by atoms with Crippen LogP contribution < -0.4 is 10.9 Å². The Labute approximate surface area is 144 Å². The van der Waals surface area contributed by atoms with E-state index in [9.17, 15) is 14.7 Å². The van der Waals surface area contributed by atoms with Crippen LogP contribution in [0.15, 0.2) is 23.0 Å². The number of benzene rings is 1.